The molecule has 0 aliphatic rings. The number of fused-ring (bicyclic) bond motifs is 1. The Labute approximate surface area is 130 Å². The number of aromatic nitrogens is 5. The number of para-hydroxylation sites is 1. The predicted molar refractivity (Wildman–Crippen MR) is 81.1 cm³/mol. The number of hydrogen-bond acceptors (Lipinski definition) is 5. The second kappa shape index (κ2) is 5.28. The molecule has 0 saturated carbocycles. The van der Waals surface area contributed by atoms with E-state index in [0.29, 0.717) is 34.8 Å². The molecule has 1 aromatic carbocycles. The maximum Gasteiger partial charge on any atom is 0.164 e. The first-order valence-electron chi connectivity index (χ1n) is 7.06. The van der Waals surface area contributed by atoms with Crippen LogP contribution in [0.5, 0.6) is 0 Å². The molecule has 0 fully saturated rings. The maximum absolute atomic E-state index is 14.4. The minimum absolute atomic E-state index is 0.340. The molecule has 0 aliphatic carbocycles. The Bertz CT molecular complexity index is 977. The van der Waals surface area contributed by atoms with Gasteiger partial charge < -0.3 is 9.09 Å². The van der Waals surface area contributed by atoms with Crippen LogP contribution in [0.1, 0.15) is 11.3 Å². The zero-order valence-corrected chi connectivity index (χ0v) is 12.3. The average molecular weight is 309 g/mol. The van der Waals surface area contributed by atoms with Crippen LogP contribution in [0, 0.1) is 12.7 Å². The highest BCUT2D eigenvalue weighted by atomic mass is 19.1. The molecular formula is C16H12FN5O. The first-order valence-corrected chi connectivity index (χ1v) is 7.06. The Hall–Kier alpha value is -3.09. The first-order chi connectivity index (χ1) is 11.2. The first kappa shape index (κ1) is 13.6. The van der Waals surface area contributed by atoms with Gasteiger partial charge in [0.05, 0.1) is 17.8 Å². The molecule has 0 N–H and O–H groups in total. The van der Waals surface area contributed by atoms with E-state index < -0.39 is 0 Å². The molecule has 0 saturated heterocycles. The predicted octanol–water partition coefficient (Wildman–Crippen LogP) is 2.98. The van der Waals surface area contributed by atoms with Crippen LogP contribution >= 0.6 is 0 Å². The minimum Gasteiger partial charge on any atom is -0.364 e. The number of aryl methyl sites for hydroxylation is 1. The normalized spacial score (nSPS) is 11.2. The summed E-state index contributed by atoms with van der Waals surface area (Å²) < 4.78 is 21.1. The topological polar surface area (TPSA) is 69.6 Å². The lowest BCUT2D eigenvalue weighted by Gasteiger charge is -2.07. The fourth-order valence-electron chi connectivity index (χ4n) is 2.56. The quantitative estimate of drug-likeness (QED) is 0.582. The molecule has 6 nitrogen and oxygen atoms in total. The highest BCUT2D eigenvalue weighted by molar-refractivity contribution is 5.81. The van der Waals surface area contributed by atoms with E-state index in [0.717, 1.165) is 5.56 Å². The van der Waals surface area contributed by atoms with Gasteiger partial charge in [-0.05, 0) is 31.2 Å². The zero-order valence-electron chi connectivity index (χ0n) is 12.3. The summed E-state index contributed by atoms with van der Waals surface area (Å²) in [6.45, 7) is 2.21. The molecule has 3 heterocycles. The van der Waals surface area contributed by atoms with Crippen molar-refractivity contribution in [3.05, 3.63) is 59.9 Å². The third-order valence-corrected chi connectivity index (χ3v) is 3.62. The molecule has 4 aromatic rings. The average Bonchev–Trinajstić information content (AvgIpc) is 3.13. The van der Waals surface area contributed by atoms with E-state index in [1.54, 1.807) is 29.0 Å². The fourth-order valence-corrected chi connectivity index (χ4v) is 2.56. The van der Waals surface area contributed by atoms with Crippen LogP contribution < -0.4 is 0 Å². The third-order valence-electron chi connectivity index (χ3n) is 3.62. The van der Waals surface area contributed by atoms with E-state index in [1.165, 1.54) is 12.3 Å². The maximum atomic E-state index is 14.4. The minimum atomic E-state index is -0.341. The third kappa shape index (κ3) is 2.26. The Morgan fingerprint density at radius 1 is 1.22 bits per heavy atom. The lowest BCUT2D eigenvalue weighted by Crippen LogP contribution is -2.06. The van der Waals surface area contributed by atoms with Crippen molar-refractivity contribution in [1.82, 2.24) is 24.9 Å². The SMILES string of the molecule is Cc1conc1-c1nc2cccc(F)c2n1Cc1cccnn1. The lowest BCUT2D eigenvalue weighted by atomic mass is 10.2. The van der Waals surface area contributed by atoms with Crippen LogP contribution in [-0.2, 0) is 6.54 Å². The van der Waals surface area contributed by atoms with Gasteiger partial charge in [-0.25, -0.2) is 9.37 Å². The van der Waals surface area contributed by atoms with Crippen molar-refractivity contribution in [2.45, 2.75) is 13.5 Å². The molecule has 7 heteroatoms. The van der Waals surface area contributed by atoms with Crippen LogP contribution in [-0.4, -0.2) is 24.9 Å². The van der Waals surface area contributed by atoms with Gasteiger partial charge in [0.25, 0.3) is 0 Å². The molecule has 0 atom stereocenters. The van der Waals surface area contributed by atoms with Gasteiger partial charge >= 0.3 is 0 Å². The van der Waals surface area contributed by atoms with Crippen molar-refractivity contribution in [1.29, 1.82) is 0 Å². The Kier molecular flexibility index (Phi) is 3.11. The monoisotopic (exact) mass is 309 g/mol. The molecule has 3 aromatic heterocycles. The number of benzene rings is 1. The Balaban J connectivity index is 1.97. The standard InChI is InChI=1S/C16H12FN5O/c1-10-9-23-21-14(10)16-19-13-6-2-5-12(17)15(13)22(16)8-11-4-3-7-18-20-11/h2-7,9H,8H2,1H3. The molecule has 0 aliphatic heterocycles. The molecule has 4 rings (SSSR count). The van der Waals surface area contributed by atoms with Crippen LogP contribution in [0.4, 0.5) is 4.39 Å². The van der Waals surface area contributed by atoms with E-state index in [4.69, 9.17) is 4.52 Å². The van der Waals surface area contributed by atoms with Gasteiger partial charge in [-0.3, -0.25) is 0 Å². The number of imidazole rings is 1. The Morgan fingerprint density at radius 3 is 2.87 bits per heavy atom. The molecule has 0 radical (unpaired) electrons. The van der Waals surface area contributed by atoms with Gasteiger partial charge in [-0.15, -0.1) is 0 Å². The van der Waals surface area contributed by atoms with Crippen molar-refractivity contribution >= 4 is 11.0 Å². The smallest absolute Gasteiger partial charge is 0.164 e. The summed E-state index contributed by atoms with van der Waals surface area (Å²) in [6.07, 6.45) is 3.14. The van der Waals surface area contributed by atoms with Crippen molar-refractivity contribution in [3.63, 3.8) is 0 Å². The number of hydrogen-bond donors (Lipinski definition) is 0. The highest BCUT2D eigenvalue weighted by Gasteiger charge is 2.20. The van der Waals surface area contributed by atoms with Crippen molar-refractivity contribution in [2.75, 3.05) is 0 Å². The van der Waals surface area contributed by atoms with Gasteiger partial charge in [-0.1, -0.05) is 11.2 Å². The number of nitrogens with zero attached hydrogens (tertiary/aromatic N) is 5. The van der Waals surface area contributed by atoms with Gasteiger partial charge in [-0.2, -0.15) is 10.2 Å². The van der Waals surface area contributed by atoms with Crippen molar-refractivity contribution < 1.29 is 8.91 Å². The van der Waals surface area contributed by atoms with Crippen LogP contribution in [0.25, 0.3) is 22.6 Å². The van der Waals surface area contributed by atoms with Gasteiger partial charge in [0.1, 0.15) is 17.6 Å². The summed E-state index contributed by atoms with van der Waals surface area (Å²) in [5.41, 5.74) is 3.10. The highest BCUT2D eigenvalue weighted by Crippen LogP contribution is 2.28. The van der Waals surface area contributed by atoms with E-state index in [1.807, 2.05) is 13.0 Å². The van der Waals surface area contributed by atoms with E-state index in [-0.39, 0.29) is 5.82 Å². The van der Waals surface area contributed by atoms with Crippen LogP contribution in [0.15, 0.2) is 47.3 Å². The van der Waals surface area contributed by atoms with Gasteiger partial charge in [0.15, 0.2) is 11.5 Å². The van der Waals surface area contributed by atoms with Crippen LogP contribution in [0.2, 0.25) is 0 Å². The van der Waals surface area contributed by atoms with Crippen molar-refractivity contribution in [3.8, 4) is 11.5 Å². The van der Waals surface area contributed by atoms with Crippen molar-refractivity contribution in [2.24, 2.45) is 0 Å². The van der Waals surface area contributed by atoms with Gasteiger partial charge in [0.2, 0.25) is 0 Å². The summed E-state index contributed by atoms with van der Waals surface area (Å²) in [5, 5.41) is 11.9. The van der Waals surface area contributed by atoms with Gasteiger partial charge in [0, 0.05) is 11.8 Å². The molecule has 0 amide bonds. The summed E-state index contributed by atoms with van der Waals surface area (Å²) in [5.74, 6) is 0.202. The lowest BCUT2D eigenvalue weighted by molar-refractivity contribution is 0.421. The van der Waals surface area contributed by atoms with Crippen LogP contribution in [0.3, 0.4) is 0 Å². The number of rotatable bonds is 3. The summed E-state index contributed by atoms with van der Waals surface area (Å²) >= 11 is 0. The molecule has 23 heavy (non-hydrogen) atoms. The van der Waals surface area contributed by atoms with E-state index >= 15 is 0 Å². The fraction of sp³-hybridized carbons (Fsp3) is 0.125. The molecule has 114 valence electrons. The molecule has 0 bridgehead atoms. The second-order valence-electron chi connectivity index (χ2n) is 5.19. The number of halogens is 1. The van der Waals surface area contributed by atoms with E-state index in [2.05, 4.69) is 20.3 Å². The summed E-state index contributed by atoms with van der Waals surface area (Å²) in [7, 11) is 0. The largest absolute Gasteiger partial charge is 0.364 e. The van der Waals surface area contributed by atoms with E-state index in [9.17, 15) is 4.39 Å². The summed E-state index contributed by atoms with van der Waals surface area (Å²) in [4.78, 5) is 4.53. The summed E-state index contributed by atoms with van der Waals surface area (Å²) in [6, 6.07) is 8.44. The molecule has 0 unspecified atom stereocenters. The zero-order chi connectivity index (χ0) is 15.8. The second-order valence-corrected chi connectivity index (χ2v) is 5.19. The molecule has 0 spiro atoms. The Morgan fingerprint density at radius 2 is 2.13 bits per heavy atom. The molecular weight excluding hydrogens is 297 g/mol.